The number of nitrogens with zero attached hydrogens (tertiary/aromatic N) is 12. The van der Waals surface area contributed by atoms with Gasteiger partial charge in [-0.2, -0.15) is 13.2 Å². The Morgan fingerprint density at radius 3 is 0.900 bits per heavy atom. The smallest absolute Gasteiger partial charge is 0.254 e. The summed E-state index contributed by atoms with van der Waals surface area (Å²) in [6.07, 6.45) is 8.64. The van der Waals surface area contributed by atoms with Crippen LogP contribution < -0.4 is 0 Å². The molecule has 6 heterocycles. The first-order valence-electron chi connectivity index (χ1n) is 52.3. The van der Waals surface area contributed by atoms with Crippen LogP contribution in [0.4, 0.5) is 47.3 Å². The minimum Gasteiger partial charge on any atom is -0.254 e. The highest BCUT2D eigenvalue weighted by Crippen LogP contribution is 2.43. The third-order valence-corrected chi connectivity index (χ3v) is 26.5. The summed E-state index contributed by atoms with van der Waals surface area (Å²) < 4.78 is 40.2. The summed E-state index contributed by atoms with van der Waals surface area (Å²) in [5.74, 6) is 4.14. The molecular weight excluding hydrogens is 1870 g/mol. The van der Waals surface area contributed by atoms with Crippen molar-refractivity contribution in [1.29, 1.82) is 0 Å². The Balaban J connectivity index is 0.000000160. The van der Waals surface area contributed by atoms with E-state index in [1.54, 1.807) is 42.2 Å². The highest BCUT2D eigenvalue weighted by molar-refractivity contribution is 7.98. The van der Waals surface area contributed by atoms with Crippen LogP contribution in [0.15, 0.2) is 362 Å². The number of rotatable bonds is 26. The zero-order chi connectivity index (χ0) is 108. The molecule has 768 valence electrons. The average molecular weight is 2010 g/mol. The molecule has 0 saturated carbocycles. The van der Waals surface area contributed by atoms with E-state index in [9.17, 15) is 13.2 Å². The first-order chi connectivity index (χ1) is 71.9. The number of benzene rings is 11. The largest absolute Gasteiger partial charge is 0.417 e. The van der Waals surface area contributed by atoms with E-state index < -0.39 is 11.7 Å². The predicted octanol–water partition coefficient (Wildman–Crippen LogP) is 38.5. The van der Waals surface area contributed by atoms with E-state index in [4.69, 9.17) is 39.9 Å². The van der Waals surface area contributed by atoms with Crippen molar-refractivity contribution in [2.45, 2.75) is 236 Å². The van der Waals surface area contributed by atoms with Crippen molar-refractivity contribution in [2.75, 3.05) is 6.26 Å². The maximum atomic E-state index is 13.4. The van der Waals surface area contributed by atoms with Crippen molar-refractivity contribution >= 4 is 105 Å². The van der Waals surface area contributed by atoms with E-state index in [0.29, 0.717) is 64.9 Å². The molecule has 0 amide bonds. The zero-order valence-electron chi connectivity index (χ0n) is 91.8. The lowest BCUT2D eigenvalue weighted by molar-refractivity contribution is -0.137. The molecule has 0 aliphatic rings. The monoisotopic (exact) mass is 2010 g/mol. The fourth-order valence-electron chi connectivity index (χ4n) is 17.9. The third-order valence-electron chi connectivity index (χ3n) is 25.7. The Hall–Kier alpha value is -15.0. The first-order valence-corrected chi connectivity index (χ1v) is 53.5. The summed E-state index contributed by atoms with van der Waals surface area (Å²) in [4.78, 5) is 57.7. The van der Waals surface area contributed by atoms with Crippen LogP contribution in [0.1, 0.15) is 315 Å². The van der Waals surface area contributed by atoms with Crippen molar-refractivity contribution < 1.29 is 13.2 Å². The van der Waals surface area contributed by atoms with E-state index in [-0.39, 0.29) is 11.3 Å². The fourth-order valence-corrected chi connectivity index (χ4v) is 18.5. The summed E-state index contributed by atoms with van der Waals surface area (Å²) in [6, 6.07) is 108. The van der Waals surface area contributed by atoms with E-state index in [0.717, 1.165) is 124 Å². The van der Waals surface area contributed by atoms with Crippen LogP contribution in [0, 0.1) is 27.7 Å². The third kappa shape index (κ3) is 31.6. The molecule has 0 unspecified atom stereocenters. The number of halogens is 3. The van der Waals surface area contributed by atoms with Gasteiger partial charge in [0.15, 0.2) is 0 Å². The van der Waals surface area contributed by atoms with Crippen molar-refractivity contribution in [3.63, 3.8) is 0 Å². The molecule has 0 aliphatic carbocycles. The van der Waals surface area contributed by atoms with E-state index in [1.807, 2.05) is 171 Å². The molecule has 17 aromatic rings. The van der Waals surface area contributed by atoms with E-state index >= 15 is 0 Å². The number of fused-ring (bicyclic) bond motifs is 2. The number of thioether (sulfide) groups is 1. The summed E-state index contributed by atoms with van der Waals surface area (Å²) in [5.41, 5.74) is 34.6. The molecule has 0 spiro atoms. The normalized spacial score (nSPS) is 11.8. The summed E-state index contributed by atoms with van der Waals surface area (Å²) >= 11 is 1.70. The van der Waals surface area contributed by atoms with Crippen LogP contribution in [-0.4, -0.2) is 73.4 Å². The standard InChI is InChI=1S/C27H32N2.C25H25F3N2.C24H26N2.C22H24N2.C19H24N2.C17H14N2S/c1-17(2)23-11-9-12-24(18(3)4)27(23)28-16-22-10-8-13-25(29-22)26-20(6)14-19(5)15-21(26)7;1-16(2)19-11-8-12-20(17(3)4)24(19)29-15-18-9-7-14-23(30-18)21-10-5-6-13-22(21)25(26,27)28;1-17(2)21-13-9-14-22(18(3)4)24(21)25-16-20-12-8-15-23(26-20)19-10-6-5-7-11-19;1-15(2)19-9-7-10-20(16(3)4)22(19)23-14-18-13-12-17-8-5-6-11-21(17)24-18;1-13(2)17-10-7-11-18(14(3)4)19(17)20-12-16-9-6-8-15(5)21-16;1-20-17-9-5-4-8-16(17)18-12-14-11-10-13-6-2-3-7-15(13)19-14/h8-18H,1-7H3;5-17H,1-4H3;5-18H,1-4H3;5-16H,1-4H3;6-14H,1-5H3;2-12H,1H3. The SMILES string of the molecule is CC(C)c1cccc(C(C)C)c1N=Cc1ccc2ccccc2n1.CC(C)c1cccc(C(C)C)c1N=Cc1cccc(-c2ccccc2)n1.CC(C)c1cccc(C(C)C)c1N=Cc1cccc(-c2ccccc2C(F)(F)F)n1.CSc1ccccc1N=Cc1ccc2ccccc2n1.Cc1cc(C)c(-c2cccc(C=Nc3c(C(C)C)cccc3C(C)C)n2)c(C)c1.Cc1cccc(C=Nc2c(C(C)C)cccc2C(C)C)n1. The second-order valence-electron chi connectivity index (χ2n) is 40.8. The van der Waals surface area contributed by atoms with Crippen molar-refractivity contribution in [3.8, 4) is 33.8 Å². The van der Waals surface area contributed by atoms with Gasteiger partial charge in [0.05, 0.1) is 139 Å². The number of aryl methyl sites for hydroxylation is 4. The van der Waals surface area contributed by atoms with Crippen LogP contribution in [-0.2, 0) is 6.18 Å². The molecule has 16 heteroatoms. The molecule has 0 saturated heterocycles. The average Bonchev–Trinajstić information content (AvgIpc) is 0.800. The van der Waals surface area contributed by atoms with Gasteiger partial charge >= 0.3 is 6.18 Å². The lowest BCUT2D eigenvalue weighted by Crippen LogP contribution is -2.07. The lowest BCUT2D eigenvalue weighted by Gasteiger charge is -2.16. The van der Waals surface area contributed by atoms with Crippen LogP contribution >= 0.6 is 11.8 Å². The van der Waals surface area contributed by atoms with Crippen LogP contribution in [0.5, 0.6) is 0 Å². The number of aliphatic imine (C=N–C) groups is 6. The topological polar surface area (TPSA) is 152 Å². The second-order valence-corrected chi connectivity index (χ2v) is 41.6. The van der Waals surface area contributed by atoms with Gasteiger partial charge in [0.2, 0.25) is 0 Å². The number of hydrogen-bond acceptors (Lipinski definition) is 13. The Bertz CT molecular complexity index is 7410. The van der Waals surface area contributed by atoms with Crippen molar-refractivity contribution in [3.05, 3.63) is 445 Å². The Morgan fingerprint density at radius 1 is 0.253 bits per heavy atom. The number of para-hydroxylation sites is 8. The Labute approximate surface area is 893 Å². The van der Waals surface area contributed by atoms with Gasteiger partial charge in [-0.3, -0.25) is 34.9 Å². The van der Waals surface area contributed by atoms with Gasteiger partial charge < -0.3 is 0 Å². The van der Waals surface area contributed by atoms with Crippen LogP contribution in [0.25, 0.3) is 55.6 Å². The highest BCUT2D eigenvalue weighted by atomic mass is 32.2. The fraction of sp³-hybridized carbons (Fsp3) is 0.269. The van der Waals surface area contributed by atoms with E-state index in [1.165, 1.54) is 83.8 Å². The Kier molecular flexibility index (Phi) is 41.5. The minimum absolute atomic E-state index is 0.0608. The van der Waals surface area contributed by atoms with Gasteiger partial charge in [0.25, 0.3) is 0 Å². The predicted molar refractivity (Wildman–Crippen MR) is 636 cm³/mol. The van der Waals surface area contributed by atoms with Crippen LogP contribution in [0.3, 0.4) is 0 Å². The molecule has 12 nitrogen and oxygen atoms in total. The van der Waals surface area contributed by atoms with E-state index in [2.05, 4.69) is 337 Å². The van der Waals surface area contributed by atoms with Gasteiger partial charge in [0, 0.05) is 38.1 Å². The zero-order valence-corrected chi connectivity index (χ0v) is 92.6. The molecule has 0 radical (unpaired) electrons. The number of hydrogen-bond donors (Lipinski definition) is 0. The molecule has 0 N–H and O–H groups in total. The molecule has 0 bridgehead atoms. The first kappa shape index (κ1) is 114. The van der Waals surface area contributed by atoms with Crippen LogP contribution in [0.2, 0.25) is 0 Å². The molecular formula is C134H145F3N12S. The lowest BCUT2D eigenvalue weighted by atomic mass is 9.93. The molecule has 11 aromatic carbocycles. The van der Waals surface area contributed by atoms with Gasteiger partial charge in [-0.05, 0) is 251 Å². The summed E-state index contributed by atoms with van der Waals surface area (Å²) in [5, 5.41) is 2.30. The van der Waals surface area contributed by atoms with Crippen molar-refractivity contribution in [1.82, 2.24) is 29.9 Å². The number of alkyl halides is 3. The summed E-state index contributed by atoms with van der Waals surface area (Å²) in [6.45, 7) is 52.4. The molecule has 0 fully saturated rings. The maximum Gasteiger partial charge on any atom is 0.417 e. The quantitative estimate of drug-likeness (QED) is 0.0387. The number of aromatic nitrogens is 6. The molecule has 17 rings (SSSR count). The number of pyridine rings is 6. The van der Waals surface area contributed by atoms with Gasteiger partial charge in [0.1, 0.15) is 0 Å². The maximum absolute atomic E-state index is 13.4. The van der Waals surface area contributed by atoms with Gasteiger partial charge in [-0.15, -0.1) is 11.8 Å². The molecule has 150 heavy (non-hydrogen) atoms. The molecule has 0 aliphatic heterocycles. The second kappa shape index (κ2) is 54.8. The molecule has 0 atom stereocenters. The summed E-state index contributed by atoms with van der Waals surface area (Å²) in [7, 11) is 0. The minimum atomic E-state index is -4.44. The Morgan fingerprint density at radius 2 is 0.540 bits per heavy atom. The van der Waals surface area contributed by atoms with Gasteiger partial charge in [-0.25, -0.2) is 24.9 Å². The highest BCUT2D eigenvalue weighted by Gasteiger charge is 2.34. The van der Waals surface area contributed by atoms with Gasteiger partial charge in [-0.1, -0.05) is 381 Å². The van der Waals surface area contributed by atoms with Crippen molar-refractivity contribution in [2.24, 2.45) is 30.0 Å². The molecule has 6 aromatic heterocycles.